The van der Waals surface area contributed by atoms with E-state index in [2.05, 4.69) is 21.2 Å². The Balaban J connectivity index is 2.01. The van der Waals surface area contributed by atoms with E-state index in [0.29, 0.717) is 23.2 Å². The van der Waals surface area contributed by atoms with Gasteiger partial charge in [-0.1, -0.05) is 34.1 Å². The molecule has 0 spiro atoms. The fourth-order valence-corrected chi connectivity index (χ4v) is 2.69. The van der Waals surface area contributed by atoms with E-state index in [9.17, 15) is 14.0 Å². The van der Waals surface area contributed by atoms with Gasteiger partial charge < -0.3 is 15.0 Å². The van der Waals surface area contributed by atoms with E-state index in [4.69, 9.17) is 4.74 Å². The summed E-state index contributed by atoms with van der Waals surface area (Å²) >= 11 is 3.16. The molecule has 0 radical (unpaired) electrons. The van der Waals surface area contributed by atoms with Gasteiger partial charge in [0.05, 0.1) is 0 Å². The zero-order chi connectivity index (χ0) is 19.1. The second kappa shape index (κ2) is 9.33. The van der Waals surface area contributed by atoms with Crippen LogP contribution in [0.1, 0.15) is 19.4 Å². The van der Waals surface area contributed by atoms with Crippen LogP contribution in [0, 0.1) is 5.82 Å². The summed E-state index contributed by atoms with van der Waals surface area (Å²) in [5.41, 5.74) is 1.41. The molecule has 0 saturated heterocycles. The number of nitrogens with one attached hydrogen (secondary N) is 1. The van der Waals surface area contributed by atoms with Crippen LogP contribution in [0.3, 0.4) is 0 Å². The maximum Gasteiger partial charge on any atom is 0.262 e. The number of para-hydroxylation sites is 1. The molecule has 0 unspecified atom stereocenters. The minimum atomic E-state index is -0.548. The van der Waals surface area contributed by atoms with Crippen LogP contribution in [-0.2, 0) is 16.1 Å². The Morgan fingerprint density at radius 3 is 2.62 bits per heavy atom. The molecule has 0 aromatic heterocycles. The molecule has 0 aliphatic rings. The molecule has 26 heavy (non-hydrogen) atoms. The second-order valence-electron chi connectivity index (χ2n) is 5.60. The van der Waals surface area contributed by atoms with Crippen molar-refractivity contribution in [2.24, 2.45) is 0 Å². The predicted octanol–water partition coefficient (Wildman–Crippen LogP) is 3.97. The van der Waals surface area contributed by atoms with Crippen molar-refractivity contribution >= 4 is 33.4 Å². The number of hydrogen-bond acceptors (Lipinski definition) is 3. The van der Waals surface area contributed by atoms with Crippen molar-refractivity contribution in [1.29, 1.82) is 0 Å². The number of rotatable bonds is 7. The molecule has 2 rings (SSSR count). The number of amides is 2. The van der Waals surface area contributed by atoms with E-state index < -0.39 is 11.7 Å². The number of nitrogens with zero attached hydrogens (tertiary/aromatic N) is 1. The van der Waals surface area contributed by atoms with Gasteiger partial charge in [-0.3, -0.25) is 9.59 Å². The molecule has 2 aromatic rings. The maximum absolute atomic E-state index is 13.7. The van der Waals surface area contributed by atoms with Crippen molar-refractivity contribution < 1.29 is 18.7 Å². The van der Waals surface area contributed by atoms with E-state index in [1.165, 1.54) is 19.1 Å². The van der Waals surface area contributed by atoms with Crippen LogP contribution in [0.5, 0.6) is 5.75 Å². The molecular weight excluding hydrogens is 403 g/mol. The quantitative estimate of drug-likeness (QED) is 0.733. The lowest BCUT2D eigenvalue weighted by Crippen LogP contribution is -2.28. The van der Waals surface area contributed by atoms with Gasteiger partial charge >= 0.3 is 0 Å². The molecule has 0 aliphatic carbocycles. The molecule has 7 heteroatoms. The second-order valence-corrected chi connectivity index (χ2v) is 6.52. The normalized spacial score (nSPS) is 10.3. The van der Waals surface area contributed by atoms with Crippen molar-refractivity contribution in [2.75, 3.05) is 18.5 Å². The molecule has 0 aliphatic heterocycles. The summed E-state index contributed by atoms with van der Waals surface area (Å²) in [5.74, 6) is -0.994. The van der Waals surface area contributed by atoms with Gasteiger partial charge in [-0.25, -0.2) is 4.39 Å². The summed E-state index contributed by atoms with van der Waals surface area (Å²) < 4.78 is 19.5. The van der Waals surface area contributed by atoms with Crippen molar-refractivity contribution in [3.63, 3.8) is 0 Å². The van der Waals surface area contributed by atoms with E-state index >= 15 is 0 Å². The van der Waals surface area contributed by atoms with E-state index in [1.807, 2.05) is 19.1 Å². The molecule has 5 nitrogen and oxygen atoms in total. The molecule has 0 bridgehead atoms. The third-order valence-electron chi connectivity index (χ3n) is 3.73. The highest BCUT2D eigenvalue weighted by Crippen LogP contribution is 2.22. The van der Waals surface area contributed by atoms with Crippen LogP contribution in [0.25, 0.3) is 0 Å². The third kappa shape index (κ3) is 5.56. The summed E-state index contributed by atoms with van der Waals surface area (Å²) in [6.07, 6.45) is 0. The molecule has 2 amide bonds. The fourth-order valence-electron chi connectivity index (χ4n) is 2.35. The average Bonchev–Trinajstić information content (AvgIpc) is 2.60. The molecule has 0 atom stereocenters. The van der Waals surface area contributed by atoms with Crippen molar-refractivity contribution in [3.8, 4) is 5.75 Å². The van der Waals surface area contributed by atoms with Gasteiger partial charge in [-0.05, 0) is 36.8 Å². The Bertz CT molecular complexity index is 798. The molecular formula is C19H20BrFN2O3. The van der Waals surface area contributed by atoms with Gasteiger partial charge in [0.1, 0.15) is 0 Å². The zero-order valence-corrected chi connectivity index (χ0v) is 16.2. The highest BCUT2D eigenvalue weighted by molar-refractivity contribution is 9.10. The largest absolute Gasteiger partial charge is 0.481 e. The minimum Gasteiger partial charge on any atom is -0.481 e. The fraction of sp³-hybridized carbons (Fsp3) is 0.263. The standard InChI is InChI=1S/C19H20BrFN2O3/c1-3-23(13(2)24)11-14-6-4-5-7-17(14)22-19(25)12-26-18-9-8-15(20)10-16(18)21/h4-10H,3,11-12H2,1-2H3,(H,22,25). The first-order valence-electron chi connectivity index (χ1n) is 8.11. The number of halogens is 2. The smallest absolute Gasteiger partial charge is 0.262 e. The number of ether oxygens (including phenoxy) is 1. The summed E-state index contributed by atoms with van der Waals surface area (Å²) in [5, 5.41) is 2.75. The Morgan fingerprint density at radius 2 is 1.96 bits per heavy atom. The number of anilines is 1. The van der Waals surface area contributed by atoms with Crippen molar-refractivity contribution in [1.82, 2.24) is 4.90 Å². The van der Waals surface area contributed by atoms with Crippen LogP contribution >= 0.6 is 15.9 Å². The first kappa shape index (κ1) is 19.9. The van der Waals surface area contributed by atoms with Crippen LogP contribution in [-0.4, -0.2) is 29.9 Å². The van der Waals surface area contributed by atoms with E-state index in [1.54, 1.807) is 23.1 Å². The van der Waals surface area contributed by atoms with Gasteiger partial charge in [0.15, 0.2) is 18.2 Å². The Labute approximate surface area is 160 Å². The van der Waals surface area contributed by atoms with Crippen LogP contribution in [0.15, 0.2) is 46.9 Å². The number of carbonyl (C=O) groups is 2. The maximum atomic E-state index is 13.7. The van der Waals surface area contributed by atoms with Gasteiger partial charge in [0.25, 0.3) is 5.91 Å². The number of hydrogen-bond donors (Lipinski definition) is 1. The van der Waals surface area contributed by atoms with Crippen molar-refractivity contribution in [3.05, 3.63) is 58.3 Å². The summed E-state index contributed by atoms with van der Waals surface area (Å²) in [4.78, 5) is 25.4. The Hall–Kier alpha value is -2.41. The lowest BCUT2D eigenvalue weighted by atomic mass is 10.1. The van der Waals surface area contributed by atoms with Crippen LogP contribution in [0.4, 0.5) is 10.1 Å². The van der Waals surface area contributed by atoms with Gasteiger partial charge in [0, 0.05) is 30.2 Å². The average molecular weight is 423 g/mol. The summed E-state index contributed by atoms with van der Waals surface area (Å²) in [7, 11) is 0. The Morgan fingerprint density at radius 1 is 1.23 bits per heavy atom. The van der Waals surface area contributed by atoms with Gasteiger partial charge in [-0.15, -0.1) is 0 Å². The number of carbonyl (C=O) groups excluding carboxylic acids is 2. The lowest BCUT2D eigenvalue weighted by Gasteiger charge is -2.21. The predicted molar refractivity (Wildman–Crippen MR) is 101 cm³/mol. The minimum absolute atomic E-state index is 0.00497. The van der Waals surface area contributed by atoms with E-state index in [-0.39, 0.29) is 18.3 Å². The number of benzene rings is 2. The molecule has 1 N–H and O–H groups in total. The zero-order valence-electron chi connectivity index (χ0n) is 14.6. The highest BCUT2D eigenvalue weighted by atomic mass is 79.9. The third-order valence-corrected chi connectivity index (χ3v) is 4.23. The SMILES string of the molecule is CCN(Cc1ccccc1NC(=O)COc1ccc(Br)cc1F)C(C)=O. The summed E-state index contributed by atoms with van der Waals surface area (Å²) in [6.45, 7) is 4.04. The molecule has 0 heterocycles. The van der Waals surface area contributed by atoms with Crippen molar-refractivity contribution in [2.45, 2.75) is 20.4 Å². The molecule has 0 fully saturated rings. The van der Waals surface area contributed by atoms with Gasteiger partial charge in [0.2, 0.25) is 5.91 Å². The lowest BCUT2D eigenvalue weighted by molar-refractivity contribution is -0.129. The first-order chi connectivity index (χ1) is 12.4. The monoisotopic (exact) mass is 422 g/mol. The molecule has 138 valence electrons. The van der Waals surface area contributed by atoms with Crippen LogP contribution in [0.2, 0.25) is 0 Å². The molecule has 0 saturated carbocycles. The highest BCUT2D eigenvalue weighted by Gasteiger charge is 2.13. The van der Waals surface area contributed by atoms with E-state index in [0.717, 1.165) is 5.56 Å². The van der Waals surface area contributed by atoms with Crippen LogP contribution < -0.4 is 10.1 Å². The summed E-state index contributed by atoms with van der Waals surface area (Å²) in [6, 6.07) is 11.6. The Kier molecular flexibility index (Phi) is 7.15. The molecule has 2 aromatic carbocycles. The first-order valence-corrected chi connectivity index (χ1v) is 8.91. The topological polar surface area (TPSA) is 58.6 Å². The van der Waals surface area contributed by atoms with Gasteiger partial charge in [-0.2, -0.15) is 0 Å².